The van der Waals surface area contributed by atoms with Crippen LogP contribution in [-0.4, -0.2) is 43.9 Å². The Morgan fingerprint density at radius 3 is 2.69 bits per heavy atom. The number of esters is 1. The first-order valence-electron chi connectivity index (χ1n) is 14.7. The van der Waals surface area contributed by atoms with Gasteiger partial charge >= 0.3 is 5.97 Å². The summed E-state index contributed by atoms with van der Waals surface area (Å²) in [7, 11) is 0. The highest BCUT2D eigenvalue weighted by Gasteiger charge is 2.70. The van der Waals surface area contributed by atoms with Crippen LogP contribution < -0.4 is 0 Å². The summed E-state index contributed by atoms with van der Waals surface area (Å²) in [6, 6.07) is 9.53. The highest BCUT2D eigenvalue weighted by atomic mass is 32.2. The fourth-order valence-corrected chi connectivity index (χ4v) is 9.98. The zero-order valence-electron chi connectivity index (χ0n) is 24.0. The number of thioether (sulfide) groups is 1. The van der Waals surface area contributed by atoms with Crippen LogP contribution >= 0.6 is 11.8 Å². The average molecular weight is 591 g/mol. The largest absolute Gasteiger partial charge is 0.457 e. The minimum atomic E-state index is -1.33. The molecule has 7 rings (SSSR count). The predicted octanol–water partition coefficient (Wildman–Crippen LogP) is 6.24. The summed E-state index contributed by atoms with van der Waals surface area (Å²) in [6.45, 7) is 4.32. The zero-order chi connectivity index (χ0) is 29.4. The van der Waals surface area contributed by atoms with Crippen molar-refractivity contribution in [2.75, 3.05) is 6.26 Å². The number of rotatable bonds is 4. The number of furan rings is 1. The topological polar surface area (TPSA) is 94.6 Å². The minimum Gasteiger partial charge on any atom is -0.457 e. The maximum absolute atomic E-state index is 13.7. The number of hydrogen-bond acceptors (Lipinski definition) is 7. The van der Waals surface area contributed by atoms with Gasteiger partial charge < -0.3 is 14.3 Å². The molecule has 2 aromatic heterocycles. The van der Waals surface area contributed by atoms with E-state index in [1.165, 1.54) is 24.0 Å². The Balaban J connectivity index is 1.23. The molecule has 4 aliphatic rings. The van der Waals surface area contributed by atoms with Crippen molar-refractivity contribution in [3.05, 3.63) is 77.3 Å². The number of halogens is 1. The molecule has 7 atom stereocenters. The number of carbonyl (C=O) groups is 2. The molecule has 3 aromatic rings. The second-order valence-corrected chi connectivity index (χ2v) is 13.7. The molecule has 0 bridgehead atoms. The first-order valence-corrected chi connectivity index (χ1v) is 15.9. The number of allylic oxidation sites excluding steroid dienone is 1. The van der Waals surface area contributed by atoms with E-state index < -0.39 is 23.1 Å². The van der Waals surface area contributed by atoms with Gasteiger partial charge in [-0.25, -0.2) is 13.9 Å². The van der Waals surface area contributed by atoms with Crippen LogP contribution in [0.2, 0.25) is 0 Å². The Bertz CT molecular complexity index is 1580. The molecule has 2 heterocycles. The number of aliphatic hydroxyl groups is 1. The molecular weight excluding hydrogens is 555 g/mol. The number of nitrogens with zero attached hydrogens (tertiary/aromatic N) is 2. The van der Waals surface area contributed by atoms with E-state index in [1.54, 1.807) is 30.5 Å². The summed E-state index contributed by atoms with van der Waals surface area (Å²) in [5, 5.41) is 16.5. The van der Waals surface area contributed by atoms with Crippen molar-refractivity contribution in [3.63, 3.8) is 0 Å². The summed E-state index contributed by atoms with van der Waals surface area (Å²) >= 11 is 1.09. The van der Waals surface area contributed by atoms with Gasteiger partial charge in [-0.05, 0) is 116 Å². The van der Waals surface area contributed by atoms with Crippen LogP contribution in [0.25, 0.3) is 11.8 Å². The Morgan fingerprint density at radius 1 is 1.19 bits per heavy atom. The quantitative estimate of drug-likeness (QED) is 0.359. The lowest BCUT2D eigenvalue weighted by Gasteiger charge is -2.60. The lowest BCUT2D eigenvalue weighted by atomic mass is 9.45. The monoisotopic (exact) mass is 590 g/mol. The highest BCUT2D eigenvalue weighted by Crippen LogP contribution is 2.68. The van der Waals surface area contributed by atoms with Gasteiger partial charge in [-0.2, -0.15) is 5.10 Å². The molecule has 9 heteroatoms. The average Bonchev–Trinajstić information content (AvgIpc) is 3.70. The number of hydrogen-bond donors (Lipinski definition) is 1. The van der Waals surface area contributed by atoms with Crippen LogP contribution in [0.3, 0.4) is 0 Å². The van der Waals surface area contributed by atoms with Gasteiger partial charge in [0.1, 0.15) is 5.82 Å². The Kier molecular flexibility index (Phi) is 6.37. The first-order chi connectivity index (χ1) is 20.1. The molecule has 3 saturated carbocycles. The third-order valence-electron chi connectivity index (χ3n) is 11.1. The molecular formula is C33H35FN2O5S. The molecule has 0 radical (unpaired) electrons. The van der Waals surface area contributed by atoms with E-state index in [-0.39, 0.29) is 39.9 Å². The summed E-state index contributed by atoms with van der Waals surface area (Å²) in [4.78, 5) is 26.8. The number of benzene rings is 1. The first kappa shape index (κ1) is 27.7. The van der Waals surface area contributed by atoms with Crippen LogP contribution in [0.5, 0.6) is 0 Å². The van der Waals surface area contributed by atoms with Crippen molar-refractivity contribution in [2.45, 2.75) is 64.1 Å². The third-order valence-corrected chi connectivity index (χ3v) is 11.8. The number of fused-ring (bicyclic) bond motifs is 6. The second-order valence-electron chi connectivity index (χ2n) is 13.0. The Hall–Kier alpha value is -3.17. The molecule has 0 amide bonds. The molecule has 220 valence electrons. The normalized spacial score (nSPS) is 34.9. The van der Waals surface area contributed by atoms with Crippen molar-refractivity contribution in [1.29, 1.82) is 0 Å². The summed E-state index contributed by atoms with van der Waals surface area (Å²) < 4.78 is 26.9. The van der Waals surface area contributed by atoms with Gasteiger partial charge in [0.15, 0.2) is 5.60 Å². The number of carbonyl (C=O) groups excluding carboxylic acids is 2. The van der Waals surface area contributed by atoms with Gasteiger partial charge in [-0.15, -0.1) is 0 Å². The summed E-state index contributed by atoms with van der Waals surface area (Å²) in [5.74, 6) is -0.558. The van der Waals surface area contributed by atoms with Gasteiger partial charge in [-0.1, -0.05) is 31.2 Å². The lowest BCUT2D eigenvalue weighted by Crippen LogP contribution is -2.62. The fourth-order valence-electron chi connectivity index (χ4n) is 9.27. The van der Waals surface area contributed by atoms with Gasteiger partial charge in [-0.3, -0.25) is 4.79 Å². The SMILES string of the molecule is CSC(=O)[C@@]1(OC(=O)c2ccco2)CC[C@H]2[C@@H]3CCC4=Cc5c(cnn5-c5ccc(F)cc5)C[C@]4(C)[C@H]3[C@@H](O)C[C@@]21C. The van der Waals surface area contributed by atoms with E-state index in [0.29, 0.717) is 12.8 Å². The number of aliphatic hydroxyl groups excluding tert-OH is 1. The van der Waals surface area contributed by atoms with E-state index in [4.69, 9.17) is 9.15 Å². The van der Waals surface area contributed by atoms with Crippen molar-refractivity contribution in [3.8, 4) is 5.69 Å². The Morgan fingerprint density at radius 2 is 1.98 bits per heavy atom. The van der Waals surface area contributed by atoms with Crippen LogP contribution in [0.4, 0.5) is 4.39 Å². The van der Waals surface area contributed by atoms with E-state index in [0.717, 1.165) is 54.4 Å². The molecule has 7 nitrogen and oxygen atoms in total. The van der Waals surface area contributed by atoms with Gasteiger partial charge in [0.2, 0.25) is 10.9 Å². The maximum atomic E-state index is 13.7. The lowest BCUT2D eigenvalue weighted by molar-refractivity contribution is -0.175. The van der Waals surface area contributed by atoms with Crippen molar-refractivity contribution in [1.82, 2.24) is 9.78 Å². The molecule has 0 unspecified atom stereocenters. The minimum absolute atomic E-state index is 0.00106. The molecule has 0 saturated heterocycles. The van der Waals surface area contributed by atoms with Crippen LogP contribution in [0, 0.1) is 34.4 Å². The summed E-state index contributed by atoms with van der Waals surface area (Å²) in [5.41, 5.74) is 1.92. The van der Waals surface area contributed by atoms with Crippen LogP contribution in [0.1, 0.15) is 67.8 Å². The molecule has 1 aromatic carbocycles. The van der Waals surface area contributed by atoms with Crippen molar-refractivity contribution >= 4 is 28.9 Å². The van der Waals surface area contributed by atoms with E-state index in [9.17, 15) is 19.1 Å². The standard InChI is InChI=1S/C33H35FN2O5S/c1-31-16-19-18-35-36(22-9-7-21(34)8-10-22)25(19)15-20(31)6-11-23-24-12-13-33(30(39)42-3,32(24,2)17-26(37)28(23)31)41-29(38)27-5-4-14-40-27/h4-5,7-10,14-15,18,23-24,26,28,37H,6,11-13,16-17H2,1-3H3/t23-,24-,26-,28+,31-,32-,33-/m0/s1. The molecule has 1 N–H and O–H groups in total. The van der Waals surface area contributed by atoms with Gasteiger partial charge in [0.05, 0.1) is 29.9 Å². The van der Waals surface area contributed by atoms with Crippen molar-refractivity contribution < 1.29 is 28.2 Å². The predicted molar refractivity (Wildman–Crippen MR) is 156 cm³/mol. The third kappa shape index (κ3) is 3.78. The summed E-state index contributed by atoms with van der Waals surface area (Å²) in [6.07, 6.45) is 10.7. The second kappa shape index (κ2) is 9.67. The van der Waals surface area contributed by atoms with Crippen molar-refractivity contribution in [2.24, 2.45) is 28.6 Å². The van der Waals surface area contributed by atoms with E-state index >= 15 is 0 Å². The molecule has 3 fully saturated rings. The van der Waals surface area contributed by atoms with Crippen LogP contribution in [-0.2, 0) is 16.0 Å². The van der Waals surface area contributed by atoms with E-state index in [2.05, 4.69) is 18.1 Å². The number of aromatic nitrogens is 2. The smallest absolute Gasteiger partial charge is 0.375 e. The van der Waals surface area contributed by atoms with E-state index in [1.807, 2.05) is 17.8 Å². The molecule has 0 spiro atoms. The van der Waals surface area contributed by atoms with Gasteiger partial charge in [0, 0.05) is 5.41 Å². The van der Waals surface area contributed by atoms with Gasteiger partial charge in [0.25, 0.3) is 0 Å². The molecule has 0 aliphatic heterocycles. The van der Waals surface area contributed by atoms with Crippen LogP contribution in [0.15, 0.2) is 58.8 Å². The molecule has 42 heavy (non-hydrogen) atoms. The number of ether oxygens (including phenoxy) is 1. The fraction of sp³-hybridized carbons (Fsp3) is 0.485. The highest BCUT2D eigenvalue weighted by molar-refractivity contribution is 8.13. The Labute approximate surface area is 248 Å². The molecule has 4 aliphatic carbocycles. The maximum Gasteiger partial charge on any atom is 0.375 e. The zero-order valence-corrected chi connectivity index (χ0v) is 24.8.